The van der Waals surface area contributed by atoms with Crippen molar-refractivity contribution in [2.75, 3.05) is 5.08 Å². The minimum absolute atomic E-state index is 0.00277. The van der Waals surface area contributed by atoms with Gasteiger partial charge in [-0.2, -0.15) is 5.26 Å². The van der Waals surface area contributed by atoms with Crippen LogP contribution in [0.4, 0.5) is 0 Å². The minimum Gasteiger partial charge on any atom is -0.295 e. The topological polar surface area (TPSA) is 53.2 Å². The van der Waals surface area contributed by atoms with E-state index in [1.807, 2.05) is 43.5 Å². The maximum Gasteiger partial charge on any atom is 0.158 e. The van der Waals surface area contributed by atoms with Crippen LogP contribution in [0.2, 0.25) is 0 Å². The normalized spacial score (nSPS) is 19.6. The number of thiophene rings is 1. The molecule has 0 saturated heterocycles. The number of nitrogens with zero attached hydrogens (tertiary/aromatic N) is 2. The molecule has 0 amide bonds. The monoisotopic (exact) mass is 412 g/mol. The Kier molecular flexibility index (Phi) is 6.59. The van der Waals surface area contributed by atoms with Crippen molar-refractivity contribution in [3.8, 4) is 6.07 Å². The zero-order chi connectivity index (χ0) is 19.4. The molecule has 27 heavy (non-hydrogen) atoms. The van der Waals surface area contributed by atoms with Crippen LogP contribution < -0.4 is 0 Å². The van der Waals surface area contributed by atoms with E-state index in [9.17, 15) is 10.1 Å². The largest absolute Gasteiger partial charge is 0.295 e. The van der Waals surface area contributed by atoms with Gasteiger partial charge in [0, 0.05) is 32.0 Å². The zero-order valence-electron chi connectivity index (χ0n) is 15.4. The molecule has 138 valence electrons. The lowest BCUT2D eigenvalue weighted by Gasteiger charge is -2.29. The van der Waals surface area contributed by atoms with Crippen molar-refractivity contribution in [3.05, 3.63) is 63.5 Å². The maximum atomic E-state index is 12.4. The molecule has 0 bridgehead atoms. The fourth-order valence-electron chi connectivity index (χ4n) is 3.22. The molecular weight excluding hydrogens is 392 g/mol. The number of Topliss-reactive ketones (excluding diaryl/α,β-unsaturated/α-hetero) is 1. The third kappa shape index (κ3) is 4.37. The fourth-order valence-corrected chi connectivity index (χ4v) is 6.47. The summed E-state index contributed by atoms with van der Waals surface area (Å²) in [6.07, 6.45) is 0. The molecule has 0 fully saturated rings. The van der Waals surface area contributed by atoms with Gasteiger partial charge in [0.05, 0.1) is 11.1 Å². The second kappa shape index (κ2) is 8.92. The molecule has 0 radical (unpaired) electrons. The van der Waals surface area contributed by atoms with Crippen molar-refractivity contribution in [2.45, 2.75) is 31.6 Å². The number of aliphatic imine (C=N–C) groups is 1. The summed E-state index contributed by atoms with van der Waals surface area (Å²) in [6.45, 7) is 5.49. The fraction of sp³-hybridized carbons (Fsp3) is 0.286. The molecule has 6 heteroatoms. The maximum absolute atomic E-state index is 12.4. The van der Waals surface area contributed by atoms with Crippen LogP contribution in [0.15, 0.2) is 62.9 Å². The summed E-state index contributed by atoms with van der Waals surface area (Å²) in [6, 6.07) is 14.7. The highest BCUT2D eigenvalue weighted by atomic mass is 32.2. The van der Waals surface area contributed by atoms with Gasteiger partial charge in [0.2, 0.25) is 0 Å². The second-order valence-electron chi connectivity index (χ2n) is 6.28. The highest BCUT2D eigenvalue weighted by molar-refractivity contribution is 8.24. The first-order valence-electron chi connectivity index (χ1n) is 8.57. The Hall–Kier alpha value is -1.81. The number of carbonyl (C=O) groups excluding carboxylic acids is 1. The smallest absolute Gasteiger partial charge is 0.158 e. The van der Waals surface area contributed by atoms with E-state index in [-0.39, 0.29) is 11.7 Å². The van der Waals surface area contributed by atoms with Gasteiger partial charge >= 0.3 is 0 Å². The molecule has 1 aromatic carbocycles. The summed E-state index contributed by atoms with van der Waals surface area (Å²) >= 11 is 4.94. The van der Waals surface area contributed by atoms with E-state index in [1.165, 1.54) is 4.90 Å². The molecular formula is C21H20N2OS3. The lowest BCUT2D eigenvalue weighted by Crippen LogP contribution is -2.27. The van der Waals surface area contributed by atoms with Gasteiger partial charge in [-0.3, -0.25) is 4.79 Å². The summed E-state index contributed by atoms with van der Waals surface area (Å²) in [7, 11) is 0. The Morgan fingerprint density at radius 2 is 1.96 bits per heavy atom. The van der Waals surface area contributed by atoms with E-state index in [0.717, 1.165) is 26.3 Å². The van der Waals surface area contributed by atoms with Crippen LogP contribution in [-0.2, 0) is 4.79 Å². The summed E-state index contributed by atoms with van der Waals surface area (Å²) in [5, 5.41) is 13.6. The van der Waals surface area contributed by atoms with Crippen LogP contribution >= 0.6 is 34.9 Å². The van der Waals surface area contributed by atoms with Crippen molar-refractivity contribution < 1.29 is 4.79 Å². The van der Waals surface area contributed by atoms with Crippen molar-refractivity contribution >= 4 is 45.7 Å². The molecule has 0 N–H and O–H groups in total. The zero-order valence-corrected chi connectivity index (χ0v) is 17.9. The van der Waals surface area contributed by atoms with Crippen molar-refractivity contribution in [2.24, 2.45) is 10.9 Å². The van der Waals surface area contributed by atoms with Gasteiger partial charge in [-0.15, -0.1) is 23.1 Å². The Bertz CT molecular complexity index is 938. The average Bonchev–Trinajstić information content (AvgIpc) is 3.07. The van der Waals surface area contributed by atoms with Crippen LogP contribution in [0.1, 0.15) is 30.2 Å². The number of hydrogen-bond acceptors (Lipinski definition) is 6. The van der Waals surface area contributed by atoms with Crippen LogP contribution in [0.5, 0.6) is 0 Å². The highest BCUT2D eigenvalue weighted by Crippen LogP contribution is 2.44. The Labute approximate surface area is 172 Å². The first-order valence-corrected chi connectivity index (χ1v) is 11.4. The molecule has 3 nitrogen and oxygen atoms in total. The molecule has 2 atom stereocenters. The van der Waals surface area contributed by atoms with Crippen LogP contribution in [0, 0.1) is 24.2 Å². The van der Waals surface area contributed by atoms with Gasteiger partial charge in [-0.1, -0.05) is 30.0 Å². The number of aryl methyl sites for hydroxylation is 1. The van der Waals surface area contributed by atoms with Gasteiger partial charge in [0.15, 0.2) is 5.78 Å². The van der Waals surface area contributed by atoms with E-state index >= 15 is 0 Å². The first kappa shape index (κ1) is 19.9. The average molecular weight is 413 g/mol. The molecule has 0 spiro atoms. The Morgan fingerprint density at radius 1 is 1.22 bits per heavy atom. The third-order valence-electron chi connectivity index (χ3n) is 4.46. The van der Waals surface area contributed by atoms with Crippen LogP contribution in [-0.4, -0.2) is 15.9 Å². The van der Waals surface area contributed by atoms with Crippen LogP contribution in [0.3, 0.4) is 0 Å². The molecule has 0 saturated carbocycles. The molecule has 1 unspecified atom stereocenters. The number of rotatable bonds is 5. The SMILES string of the molecule is CC(=O)C1=C(C)N=C(SCSc2ccccc2)C(C#N)[C@@H]1c1sccc1C. The number of allylic oxidation sites excluding steroid dienone is 2. The number of nitriles is 1. The van der Waals surface area contributed by atoms with Gasteiger partial charge in [-0.05, 0) is 49.9 Å². The molecule has 1 aromatic heterocycles. The van der Waals surface area contributed by atoms with Crippen molar-refractivity contribution in [1.29, 1.82) is 5.26 Å². The van der Waals surface area contributed by atoms with E-state index in [2.05, 4.69) is 23.2 Å². The quantitative estimate of drug-likeness (QED) is 0.444. The summed E-state index contributed by atoms with van der Waals surface area (Å²) < 4.78 is 0. The predicted octanol–water partition coefficient (Wildman–Crippen LogP) is 6.04. The number of hydrogen-bond donors (Lipinski definition) is 0. The molecule has 1 aliphatic heterocycles. The van der Waals surface area contributed by atoms with Gasteiger partial charge in [0.1, 0.15) is 5.92 Å². The summed E-state index contributed by atoms with van der Waals surface area (Å²) in [4.78, 5) is 19.3. The second-order valence-corrected chi connectivity index (χ2v) is 9.63. The third-order valence-corrected chi connectivity index (χ3v) is 7.75. The van der Waals surface area contributed by atoms with Gasteiger partial charge in [0.25, 0.3) is 0 Å². The highest BCUT2D eigenvalue weighted by Gasteiger charge is 2.38. The van der Waals surface area contributed by atoms with E-state index in [4.69, 9.17) is 0 Å². The molecule has 1 aliphatic rings. The molecule has 2 heterocycles. The summed E-state index contributed by atoms with van der Waals surface area (Å²) in [5.41, 5.74) is 2.54. The van der Waals surface area contributed by atoms with E-state index in [0.29, 0.717) is 5.57 Å². The lowest BCUT2D eigenvalue weighted by molar-refractivity contribution is -0.114. The van der Waals surface area contributed by atoms with Crippen molar-refractivity contribution in [3.63, 3.8) is 0 Å². The minimum atomic E-state index is -0.425. The van der Waals surface area contributed by atoms with Gasteiger partial charge in [-0.25, -0.2) is 4.99 Å². The Balaban J connectivity index is 1.89. The predicted molar refractivity (Wildman–Crippen MR) is 116 cm³/mol. The Morgan fingerprint density at radius 3 is 2.56 bits per heavy atom. The van der Waals surface area contributed by atoms with E-state index in [1.54, 1.807) is 41.8 Å². The van der Waals surface area contributed by atoms with Crippen LogP contribution in [0.25, 0.3) is 0 Å². The van der Waals surface area contributed by atoms with Gasteiger partial charge < -0.3 is 0 Å². The number of ketones is 1. The standard InChI is InChI=1S/C21H20N2OS3/c1-13-9-10-25-20(13)19-17(11-22)21(23-14(2)18(19)15(3)24)27-12-26-16-7-5-4-6-8-16/h4-10,17,19H,12H2,1-3H3/t17?,19-/m0/s1. The summed E-state index contributed by atoms with van der Waals surface area (Å²) in [5.74, 6) is -0.655. The lowest BCUT2D eigenvalue weighted by atomic mass is 9.80. The molecule has 0 aliphatic carbocycles. The number of benzene rings is 1. The molecule has 2 aromatic rings. The number of carbonyl (C=O) groups is 1. The molecule has 3 rings (SSSR count). The van der Waals surface area contributed by atoms with Crippen molar-refractivity contribution in [1.82, 2.24) is 0 Å². The number of thioether (sulfide) groups is 2. The van der Waals surface area contributed by atoms with E-state index < -0.39 is 5.92 Å². The first-order chi connectivity index (χ1) is 13.0.